The maximum absolute atomic E-state index is 5.26. The molecule has 1 N–H and O–H groups in total. The van der Waals surface area contributed by atoms with Crippen LogP contribution >= 0.6 is 12.2 Å². The van der Waals surface area contributed by atoms with E-state index in [1.807, 2.05) is 0 Å². The van der Waals surface area contributed by atoms with E-state index in [9.17, 15) is 0 Å². The fraction of sp³-hybridized carbons (Fsp3) is 0.250. The predicted molar refractivity (Wildman–Crippen MR) is 96.1 cm³/mol. The van der Waals surface area contributed by atoms with E-state index >= 15 is 0 Å². The number of aryl methyl sites for hydroxylation is 3. The first-order valence-corrected chi connectivity index (χ1v) is 8.00. The second-order valence-corrected chi connectivity index (χ2v) is 6.46. The first-order chi connectivity index (χ1) is 10.5. The van der Waals surface area contributed by atoms with Gasteiger partial charge in [0.1, 0.15) is 4.64 Å². The molecule has 22 heavy (non-hydrogen) atoms. The van der Waals surface area contributed by atoms with Crippen molar-refractivity contribution in [3.63, 3.8) is 0 Å². The molecule has 0 amide bonds. The van der Waals surface area contributed by atoms with Gasteiger partial charge in [0, 0.05) is 22.9 Å². The van der Waals surface area contributed by atoms with Gasteiger partial charge < -0.3 is 4.98 Å². The zero-order valence-corrected chi connectivity index (χ0v) is 14.3. The second kappa shape index (κ2) is 5.69. The molecular formula is C20H20NS. The van der Waals surface area contributed by atoms with Crippen LogP contribution in [-0.4, -0.2) is 4.98 Å². The maximum atomic E-state index is 5.26. The van der Waals surface area contributed by atoms with Crippen LogP contribution < -0.4 is 0 Å². The Balaban J connectivity index is 2.26. The van der Waals surface area contributed by atoms with Gasteiger partial charge in [-0.3, -0.25) is 0 Å². The third-order valence-electron chi connectivity index (χ3n) is 4.39. The molecule has 0 spiro atoms. The lowest BCUT2D eigenvalue weighted by Crippen LogP contribution is -2.02. The Kier molecular flexibility index (Phi) is 3.88. The summed E-state index contributed by atoms with van der Waals surface area (Å²) in [5, 5.41) is 1.24. The van der Waals surface area contributed by atoms with E-state index in [4.69, 9.17) is 12.2 Å². The van der Waals surface area contributed by atoms with Crippen LogP contribution in [-0.2, 0) is 0 Å². The lowest BCUT2D eigenvalue weighted by atomic mass is 9.86. The molecule has 1 atom stereocenters. The number of pyridine rings is 1. The second-order valence-electron chi connectivity index (χ2n) is 6.06. The number of fused-ring (bicyclic) bond motifs is 1. The zero-order valence-electron chi connectivity index (χ0n) is 13.4. The molecule has 1 radical (unpaired) electrons. The van der Waals surface area contributed by atoms with Crippen LogP contribution in [0.4, 0.5) is 0 Å². The molecule has 3 rings (SSSR count). The molecule has 0 fully saturated rings. The molecule has 0 saturated heterocycles. The molecule has 0 aliphatic rings. The molecule has 1 aromatic heterocycles. The van der Waals surface area contributed by atoms with E-state index in [-0.39, 0.29) is 0 Å². The number of benzene rings is 2. The minimum Gasteiger partial charge on any atom is -0.346 e. The summed E-state index contributed by atoms with van der Waals surface area (Å²) in [7, 11) is 0. The van der Waals surface area contributed by atoms with Crippen molar-refractivity contribution >= 4 is 23.1 Å². The van der Waals surface area contributed by atoms with Crippen LogP contribution in [0.2, 0.25) is 0 Å². The van der Waals surface area contributed by atoms with E-state index in [0.29, 0.717) is 10.6 Å². The first kappa shape index (κ1) is 15.0. The Bertz CT molecular complexity index is 905. The predicted octanol–water partition coefficient (Wildman–Crippen LogP) is 5.77. The average molecular weight is 306 g/mol. The topological polar surface area (TPSA) is 15.8 Å². The van der Waals surface area contributed by atoms with Crippen LogP contribution in [0.1, 0.15) is 40.7 Å². The zero-order chi connectivity index (χ0) is 15.9. The lowest BCUT2D eigenvalue weighted by Gasteiger charge is -2.19. The minimum atomic E-state index is 0.333. The highest BCUT2D eigenvalue weighted by Crippen LogP contribution is 2.33. The number of aromatic nitrogens is 1. The number of rotatable bonds is 2. The van der Waals surface area contributed by atoms with Gasteiger partial charge in [0.2, 0.25) is 0 Å². The molecule has 1 heterocycles. The van der Waals surface area contributed by atoms with Gasteiger partial charge in [-0.05, 0) is 49.1 Å². The van der Waals surface area contributed by atoms with Crippen molar-refractivity contribution in [2.24, 2.45) is 0 Å². The number of hydrogen-bond acceptors (Lipinski definition) is 1. The summed E-state index contributed by atoms with van der Waals surface area (Å²) in [5.74, 6) is 0.333. The van der Waals surface area contributed by atoms with Gasteiger partial charge in [0.05, 0.1) is 0 Å². The van der Waals surface area contributed by atoms with E-state index in [1.54, 1.807) is 0 Å². The molecule has 0 saturated carbocycles. The van der Waals surface area contributed by atoms with Gasteiger partial charge in [0.25, 0.3) is 0 Å². The van der Waals surface area contributed by atoms with Gasteiger partial charge in [-0.15, -0.1) is 0 Å². The van der Waals surface area contributed by atoms with Crippen LogP contribution in [0.3, 0.4) is 0 Å². The number of nitrogens with one attached hydrogen (secondary N) is 1. The van der Waals surface area contributed by atoms with E-state index in [0.717, 1.165) is 11.1 Å². The molecule has 0 aliphatic heterocycles. The van der Waals surface area contributed by atoms with Crippen molar-refractivity contribution in [2.75, 3.05) is 0 Å². The highest BCUT2D eigenvalue weighted by atomic mass is 32.1. The summed E-state index contributed by atoms with van der Waals surface area (Å²) in [5.41, 5.74) is 7.55. The van der Waals surface area contributed by atoms with Gasteiger partial charge in [-0.25, -0.2) is 0 Å². The van der Waals surface area contributed by atoms with Crippen molar-refractivity contribution < 1.29 is 0 Å². The number of hydrogen-bond donors (Lipinski definition) is 1. The Morgan fingerprint density at radius 3 is 2.59 bits per heavy atom. The maximum Gasteiger partial charge on any atom is 0.112 e. The summed E-state index contributed by atoms with van der Waals surface area (Å²) in [6.45, 7) is 8.70. The quantitative estimate of drug-likeness (QED) is 0.594. The number of H-pyrrole nitrogens is 1. The fourth-order valence-corrected chi connectivity index (χ4v) is 3.50. The van der Waals surface area contributed by atoms with Crippen molar-refractivity contribution in [2.45, 2.75) is 33.6 Å². The highest BCUT2D eigenvalue weighted by molar-refractivity contribution is 7.71. The van der Waals surface area contributed by atoms with Crippen molar-refractivity contribution in [1.29, 1.82) is 0 Å². The Morgan fingerprint density at radius 2 is 1.82 bits per heavy atom. The molecule has 1 unspecified atom stereocenters. The summed E-state index contributed by atoms with van der Waals surface area (Å²) in [4.78, 5) is 3.26. The summed E-state index contributed by atoms with van der Waals surface area (Å²) in [6.07, 6.45) is 0. The largest absolute Gasteiger partial charge is 0.346 e. The Hall–Kier alpha value is -1.93. The molecule has 0 aliphatic carbocycles. The molecular weight excluding hydrogens is 286 g/mol. The van der Waals surface area contributed by atoms with Gasteiger partial charge >= 0.3 is 0 Å². The van der Waals surface area contributed by atoms with E-state index in [1.165, 1.54) is 27.6 Å². The molecule has 2 heteroatoms. The average Bonchev–Trinajstić information content (AvgIpc) is 2.48. The van der Waals surface area contributed by atoms with Gasteiger partial charge in [-0.2, -0.15) is 0 Å². The summed E-state index contributed by atoms with van der Waals surface area (Å²) < 4.78 is 0.668. The third kappa shape index (κ3) is 2.59. The number of aromatic amines is 1. The van der Waals surface area contributed by atoms with Crippen molar-refractivity contribution in [1.82, 2.24) is 4.98 Å². The van der Waals surface area contributed by atoms with Crippen molar-refractivity contribution in [3.8, 4) is 0 Å². The SMILES string of the molecule is Cc1ccc(C)c(C(C)c2cccc3[nH]c(=S)[c]c(C)c23)c1. The standard InChI is InChI=1S/C20H20NS/c1-12-8-9-13(2)17(10-12)15(4)16-6-5-7-18-20(16)14(3)11-19(22)21-18/h5-10,15H,1-4H3,(H,21,22). The smallest absolute Gasteiger partial charge is 0.112 e. The Morgan fingerprint density at radius 1 is 1.05 bits per heavy atom. The van der Waals surface area contributed by atoms with E-state index < -0.39 is 0 Å². The Labute approximate surface area is 137 Å². The molecule has 3 aromatic rings. The van der Waals surface area contributed by atoms with Crippen LogP contribution in [0.5, 0.6) is 0 Å². The highest BCUT2D eigenvalue weighted by Gasteiger charge is 2.15. The van der Waals surface area contributed by atoms with Gasteiger partial charge in [0.15, 0.2) is 0 Å². The van der Waals surface area contributed by atoms with Crippen LogP contribution in [0.25, 0.3) is 10.9 Å². The first-order valence-electron chi connectivity index (χ1n) is 7.59. The van der Waals surface area contributed by atoms with Crippen LogP contribution in [0, 0.1) is 31.5 Å². The van der Waals surface area contributed by atoms with Crippen LogP contribution in [0.15, 0.2) is 36.4 Å². The lowest BCUT2D eigenvalue weighted by molar-refractivity contribution is 0.915. The fourth-order valence-electron chi connectivity index (χ4n) is 3.23. The molecule has 111 valence electrons. The molecule has 1 nitrogen and oxygen atoms in total. The minimum absolute atomic E-state index is 0.333. The third-order valence-corrected chi connectivity index (χ3v) is 4.59. The summed E-state index contributed by atoms with van der Waals surface area (Å²) in [6, 6.07) is 16.3. The van der Waals surface area contributed by atoms with Gasteiger partial charge in [-0.1, -0.05) is 55.0 Å². The van der Waals surface area contributed by atoms with Crippen molar-refractivity contribution in [3.05, 3.63) is 74.9 Å². The summed E-state index contributed by atoms with van der Waals surface area (Å²) >= 11 is 5.26. The normalized spacial score (nSPS) is 12.5. The monoisotopic (exact) mass is 306 g/mol. The van der Waals surface area contributed by atoms with E-state index in [2.05, 4.69) is 75.1 Å². The molecule has 0 bridgehead atoms. The molecule has 2 aromatic carbocycles.